The van der Waals surface area contributed by atoms with Crippen LogP contribution in [0.15, 0.2) is 54.6 Å². The molecule has 1 aliphatic rings. The van der Waals surface area contributed by atoms with Gasteiger partial charge in [0.15, 0.2) is 18.1 Å². The van der Waals surface area contributed by atoms with E-state index in [4.69, 9.17) is 14.2 Å². The van der Waals surface area contributed by atoms with Crippen molar-refractivity contribution < 1.29 is 28.9 Å². The molecule has 3 aromatic carbocycles. The third-order valence-corrected chi connectivity index (χ3v) is 4.11. The van der Waals surface area contributed by atoms with Gasteiger partial charge in [0.2, 0.25) is 6.79 Å². The second kappa shape index (κ2) is 6.87. The molecule has 0 fully saturated rings. The van der Waals surface area contributed by atoms with E-state index in [-0.39, 0.29) is 18.1 Å². The van der Waals surface area contributed by atoms with Gasteiger partial charge in [0, 0.05) is 17.1 Å². The molecule has 1 amide bonds. The van der Waals surface area contributed by atoms with Gasteiger partial charge in [-0.05, 0) is 23.6 Å². The van der Waals surface area contributed by atoms with Crippen LogP contribution in [-0.2, 0) is 9.53 Å². The van der Waals surface area contributed by atoms with Crippen molar-refractivity contribution in [2.75, 3.05) is 18.7 Å². The maximum atomic E-state index is 12.2. The van der Waals surface area contributed by atoms with Crippen LogP contribution in [0.5, 0.6) is 17.2 Å². The van der Waals surface area contributed by atoms with E-state index in [1.165, 1.54) is 6.07 Å². The molecule has 4 rings (SSSR count). The number of carbonyl (C=O) groups excluding carboxylic acids is 2. The third kappa shape index (κ3) is 3.35. The number of hydrogen-bond donors (Lipinski definition) is 2. The van der Waals surface area contributed by atoms with Crippen molar-refractivity contribution in [3.8, 4) is 17.2 Å². The third-order valence-electron chi connectivity index (χ3n) is 4.11. The van der Waals surface area contributed by atoms with Gasteiger partial charge in [0.1, 0.15) is 11.3 Å². The summed E-state index contributed by atoms with van der Waals surface area (Å²) in [6, 6.07) is 15.2. The van der Waals surface area contributed by atoms with E-state index in [1.807, 2.05) is 12.1 Å². The van der Waals surface area contributed by atoms with Gasteiger partial charge in [0.25, 0.3) is 5.91 Å². The summed E-state index contributed by atoms with van der Waals surface area (Å²) < 4.78 is 15.5. The maximum Gasteiger partial charge on any atom is 0.342 e. The standard InChI is InChI=1S/C20H15NO6/c22-18(21-13-6-8-16-17(9-13)27-11-26-16)10-25-20(24)15-7-5-12-3-1-2-4-14(12)19(15)23/h1-9,23H,10-11H2,(H,21,22). The quantitative estimate of drug-likeness (QED) is 0.690. The monoisotopic (exact) mass is 365 g/mol. The smallest absolute Gasteiger partial charge is 0.342 e. The molecule has 1 heterocycles. The molecule has 136 valence electrons. The summed E-state index contributed by atoms with van der Waals surface area (Å²) in [4.78, 5) is 24.2. The van der Waals surface area contributed by atoms with Crippen molar-refractivity contribution in [3.05, 3.63) is 60.2 Å². The number of phenolic OH excluding ortho intramolecular Hbond substituents is 1. The minimum absolute atomic E-state index is 0.00424. The molecule has 0 atom stereocenters. The first kappa shape index (κ1) is 16.7. The average molecular weight is 365 g/mol. The van der Waals surface area contributed by atoms with Gasteiger partial charge < -0.3 is 24.6 Å². The van der Waals surface area contributed by atoms with Crippen LogP contribution >= 0.6 is 0 Å². The molecule has 7 heteroatoms. The van der Waals surface area contributed by atoms with Crippen LogP contribution in [0.4, 0.5) is 5.69 Å². The van der Waals surface area contributed by atoms with Crippen LogP contribution in [0, 0.1) is 0 Å². The zero-order chi connectivity index (χ0) is 18.8. The molecule has 7 nitrogen and oxygen atoms in total. The Morgan fingerprint density at radius 2 is 1.85 bits per heavy atom. The van der Waals surface area contributed by atoms with Crippen LogP contribution in [0.3, 0.4) is 0 Å². The number of benzene rings is 3. The lowest BCUT2D eigenvalue weighted by Gasteiger charge is -2.09. The molecule has 0 unspecified atom stereocenters. The number of fused-ring (bicyclic) bond motifs is 2. The summed E-state index contributed by atoms with van der Waals surface area (Å²) in [6.45, 7) is -0.348. The number of ether oxygens (including phenoxy) is 3. The second-order valence-corrected chi connectivity index (χ2v) is 5.88. The molecule has 3 aromatic rings. The van der Waals surface area contributed by atoms with Gasteiger partial charge in [-0.25, -0.2) is 4.79 Å². The summed E-state index contributed by atoms with van der Waals surface area (Å²) >= 11 is 0. The van der Waals surface area contributed by atoms with Crippen molar-refractivity contribution >= 4 is 28.3 Å². The lowest BCUT2D eigenvalue weighted by atomic mass is 10.1. The van der Waals surface area contributed by atoms with Gasteiger partial charge in [-0.2, -0.15) is 0 Å². The average Bonchev–Trinajstić information content (AvgIpc) is 3.14. The molecule has 0 saturated carbocycles. The summed E-state index contributed by atoms with van der Waals surface area (Å²) in [5, 5.41) is 14.2. The van der Waals surface area contributed by atoms with Gasteiger partial charge in [0.05, 0.1) is 0 Å². The molecular weight excluding hydrogens is 350 g/mol. The second-order valence-electron chi connectivity index (χ2n) is 5.88. The van der Waals surface area contributed by atoms with E-state index in [2.05, 4.69) is 5.32 Å². The molecule has 0 radical (unpaired) electrons. The minimum Gasteiger partial charge on any atom is -0.506 e. The fourth-order valence-electron chi connectivity index (χ4n) is 2.80. The highest BCUT2D eigenvalue weighted by Crippen LogP contribution is 2.34. The number of amides is 1. The van der Waals surface area contributed by atoms with E-state index in [0.29, 0.717) is 22.6 Å². The highest BCUT2D eigenvalue weighted by molar-refractivity contribution is 6.02. The summed E-state index contributed by atoms with van der Waals surface area (Å²) in [7, 11) is 0. The Labute approximate surface area is 154 Å². The lowest BCUT2D eigenvalue weighted by molar-refractivity contribution is -0.119. The first-order valence-corrected chi connectivity index (χ1v) is 8.19. The Morgan fingerprint density at radius 1 is 1.04 bits per heavy atom. The largest absolute Gasteiger partial charge is 0.506 e. The van der Waals surface area contributed by atoms with Crippen LogP contribution in [-0.4, -0.2) is 30.4 Å². The van der Waals surface area contributed by atoms with E-state index < -0.39 is 18.5 Å². The van der Waals surface area contributed by atoms with Crippen LogP contribution in [0.1, 0.15) is 10.4 Å². The molecule has 0 saturated heterocycles. The zero-order valence-corrected chi connectivity index (χ0v) is 14.1. The molecule has 2 N–H and O–H groups in total. The fraction of sp³-hybridized carbons (Fsp3) is 0.100. The zero-order valence-electron chi connectivity index (χ0n) is 14.1. The van der Waals surface area contributed by atoms with E-state index >= 15 is 0 Å². The fourth-order valence-corrected chi connectivity index (χ4v) is 2.80. The summed E-state index contributed by atoms with van der Waals surface area (Å²) in [5.41, 5.74) is 0.499. The first-order chi connectivity index (χ1) is 13.1. The number of nitrogens with one attached hydrogen (secondary N) is 1. The number of anilines is 1. The molecule has 0 spiro atoms. The lowest BCUT2D eigenvalue weighted by Crippen LogP contribution is -2.21. The van der Waals surface area contributed by atoms with Crippen LogP contribution in [0.25, 0.3) is 10.8 Å². The Morgan fingerprint density at radius 3 is 2.74 bits per heavy atom. The first-order valence-electron chi connectivity index (χ1n) is 8.19. The van der Waals surface area contributed by atoms with Crippen molar-refractivity contribution in [2.24, 2.45) is 0 Å². The molecule has 0 bridgehead atoms. The Bertz CT molecular complexity index is 1050. The number of aromatic hydroxyl groups is 1. The molecule has 1 aliphatic heterocycles. The molecule has 0 aliphatic carbocycles. The van der Waals surface area contributed by atoms with Crippen molar-refractivity contribution in [1.82, 2.24) is 0 Å². The van der Waals surface area contributed by atoms with Gasteiger partial charge >= 0.3 is 5.97 Å². The predicted molar refractivity (Wildman–Crippen MR) is 97.1 cm³/mol. The summed E-state index contributed by atoms with van der Waals surface area (Å²) in [6.07, 6.45) is 0. The predicted octanol–water partition coefficient (Wildman–Crippen LogP) is 3.07. The Hall–Kier alpha value is -3.74. The molecular formula is C20H15NO6. The van der Waals surface area contributed by atoms with Crippen LogP contribution in [0.2, 0.25) is 0 Å². The maximum absolute atomic E-state index is 12.2. The normalized spacial score (nSPS) is 12.0. The number of hydrogen-bond acceptors (Lipinski definition) is 6. The van der Waals surface area contributed by atoms with E-state index in [9.17, 15) is 14.7 Å². The van der Waals surface area contributed by atoms with Gasteiger partial charge in [-0.3, -0.25) is 4.79 Å². The minimum atomic E-state index is -0.779. The number of esters is 1. The van der Waals surface area contributed by atoms with Crippen molar-refractivity contribution in [1.29, 1.82) is 0 Å². The summed E-state index contributed by atoms with van der Waals surface area (Å²) in [5.74, 6) is -0.326. The van der Waals surface area contributed by atoms with Gasteiger partial charge in [-0.1, -0.05) is 30.3 Å². The highest BCUT2D eigenvalue weighted by Gasteiger charge is 2.17. The number of phenols is 1. The number of carbonyl (C=O) groups is 2. The van der Waals surface area contributed by atoms with E-state index in [0.717, 1.165) is 5.39 Å². The van der Waals surface area contributed by atoms with Gasteiger partial charge in [-0.15, -0.1) is 0 Å². The SMILES string of the molecule is O=C(COC(=O)c1ccc2ccccc2c1O)Nc1ccc2c(c1)OCO2. The van der Waals surface area contributed by atoms with Crippen molar-refractivity contribution in [2.45, 2.75) is 0 Å². The van der Waals surface area contributed by atoms with Crippen LogP contribution < -0.4 is 14.8 Å². The van der Waals surface area contributed by atoms with E-state index in [1.54, 1.807) is 36.4 Å². The highest BCUT2D eigenvalue weighted by atomic mass is 16.7. The molecule has 0 aromatic heterocycles. The van der Waals surface area contributed by atoms with Crippen molar-refractivity contribution in [3.63, 3.8) is 0 Å². The molecule has 27 heavy (non-hydrogen) atoms. The number of rotatable bonds is 4. The topological polar surface area (TPSA) is 94.1 Å². The Balaban J connectivity index is 1.40. The Kier molecular flexibility index (Phi) is 4.25.